The van der Waals surface area contributed by atoms with Crippen LogP contribution in [-0.2, 0) is 20.8 Å². The molecule has 3 aliphatic rings. The summed E-state index contributed by atoms with van der Waals surface area (Å²) >= 11 is 0. The maximum Gasteiger partial charge on any atom is 0.248 e. The number of hydrogen-bond donors (Lipinski definition) is 0. The van der Waals surface area contributed by atoms with Gasteiger partial charge in [-0.1, -0.05) is 0 Å². The molecule has 1 atom stereocenters. The van der Waals surface area contributed by atoms with Crippen LogP contribution in [0, 0.1) is 5.92 Å². The summed E-state index contributed by atoms with van der Waals surface area (Å²) in [4.78, 5) is 20.9. The standard InChI is InChI=1S/C19H30N4O3/c24-19(22-5-1-2-6-22)14-26-13-18-12-21(10-16-3-7-25-8-4-16)11-17-9-20-15-23(17)18/h9,15-16,18H,1-8,10-14H2. The maximum absolute atomic E-state index is 12.2. The van der Waals surface area contributed by atoms with Gasteiger partial charge in [0.15, 0.2) is 0 Å². The number of imidazole rings is 1. The van der Waals surface area contributed by atoms with Gasteiger partial charge in [-0.2, -0.15) is 0 Å². The number of rotatable bonds is 6. The average molecular weight is 362 g/mol. The molecular formula is C19H30N4O3. The van der Waals surface area contributed by atoms with E-state index in [1.807, 2.05) is 17.4 Å². The van der Waals surface area contributed by atoms with Gasteiger partial charge in [0.2, 0.25) is 5.91 Å². The summed E-state index contributed by atoms with van der Waals surface area (Å²) in [6, 6.07) is 0.229. The van der Waals surface area contributed by atoms with Crippen molar-refractivity contribution < 1.29 is 14.3 Å². The Hall–Kier alpha value is -1.44. The number of nitrogens with zero attached hydrogens (tertiary/aromatic N) is 4. The first-order valence-electron chi connectivity index (χ1n) is 9.96. The van der Waals surface area contributed by atoms with E-state index in [0.717, 1.165) is 77.5 Å². The average Bonchev–Trinajstić information content (AvgIpc) is 3.34. The summed E-state index contributed by atoms with van der Waals surface area (Å²) in [5.41, 5.74) is 1.24. The SMILES string of the molecule is O=C(COCC1CN(CC2CCOCC2)Cc2cncn21)N1CCCC1. The van der Waals surface area contributed by atoms with Gasteiger partial charge in [-0.15, -0.1) is 0 Å². The van der Waals surface area contributed by atoms with Gasteiger partial charge < -0.3 is 18.9 Å². The largest absolute Gasteiger partial charge is 0.381 e. The molecule has 4 rings (SSSR count). The van der Waals surface area contributed by atoms with Gasteiger partial charge in [0.1, 0.15) is 6.61 Å². The predicted octanol–water partition coefficient (Wildman–Crippen LogP) is 1.31. The first-order valence-corrected chi connectivity index (χ1v) is 9.96. The van der Waals surface area contributed by atoms with Crippen LogP contribution >= 0.6 is 0 Å². The van der Waals surface area contributed by atoms with Crippen molar-refractivity contribution in [2.24, 2.45) is 5.92 Å². The molecule has 0 aromatic carbocycles. The summed E-state index contributed by atoms with van der Waals surface area (Å²) in [6.45, 7) is 7.32. The molecular weight excluding hydrogens is 332 g/mol. The van der Waals surface area contributed by atoms with Crippen molar-refractivity contribution in [1.29, 1.82) is 0 Å². The highest BCUT2D eigenvalue weighted by molar-refractivity contribution is 5.77. The molecule has 0 aliphatic carbocycles. The van der Waals surface area contributed by atoms with Gasteiger partial charge in [-0.3, -0.25) is 9.69 Å². The summed E-state index contributed by atoms with van der Waals surface area (Å²) in [6.07, 6.45) is 8.40. The smallest absolute Gasteiger partial charge is 0.248 e. The van der Waals surface area contributed by atoms with E-state index in [-0.39, 0.29) is 18.6 Å². The fourth-order valence-corrected chi connectivity index (χ4v) is 4.37. The third-order valence-corrected chi connectivity index (χ3v) is 5.85. The molecule has 1 aromatic rings. The zero-order valence-corrected chi connectivity index (χ0v) is 15.5. The van der Waals surface area contributed by atoms with Crippen molar-refractivity contribution in [1.82, 2.24) is 19.4 Å². The van der Waals surface area contributed by atoms with Crippen molar-refractivity contribution >= 4 is 5.91 Å². The summed E-state index contributed by atoms with van der Waals surface area (Å²) < 4.78 is 13.5. The van der Waals surface area contributed by atoms with Gasteiger partial charge in [0.05, 0.1) is 24.7 Å². The van der Waals surface area contributed by atoms with Crippen LogP contribution in [0.3, 0.4) is 0 Å². The lowest BCUT2D eigenvalue weighted by atomic mass is 9.99. The number of fused-ring (bicyclic) bond motifs is 1. The van der Waals surface area contributed by atoms with Crippen molar-refractivity contribution in [3.05, 3.63) is 18.2 Å². The summed E-state index contributed by atoms with van der Waals surface area (Å²) in [5.74, 6) is 0.847. The Morgan fingerprint density at radius 3 is 2.88 bits per heavy atom. The highest BCUT2D eigenvalue weighted by Gasteiger charge is 2.28. The monoisotopic (exact) mass is 362 g/mol. The van der Waals surface area contributed by atoms with E-state index in [2.05, 4.69) is 14.5 Å². The summed E-state index contributed by atoms with van der Waals surface area (Å²) in [7, 11) is 0. The second-order valence-electron chi connectivity index (χ2n) is 7.80. The van der Waals surface area contributed by atoms with Gasteiger partial charge in [-0.05, 0) is 31.6 Å². The highest BCUT2D eigenvalue weighted by Crippen LogP contribution is 2.24. The second-order valence-corrected chi connectivity index (χ2v) is 7.80. The maximum atomic E-state index is 12.2. The normalized spacial score (nSPS) is 24.8. The molecule has 1 unspecified atom stereocenters. The molecule has 7 nitrogen and oxygen atoms in total. The van der Waals surface area contributed by atoms with Crippen LogP contribution < -0.4 is 0 Å². The van der Waals surface area contributed by atoms with Crippen molar-refractivity contribution in [2.75, 3.05) is 52.6 Å². The molecule has 0 saturated carbocycles. The molecule has 26 heavy (non-hydrogen) atoms. The first kappa shape index (κ1) is 17.9. The fraction of sp³-hybridized carbons (Fsp3) is 0.789. The van der Waals surface area contributed by atoms with Gasteiger partial charge in [0, 0.05) is 52.1 Å². The molecule has 2 fully saturated rings. The molecule has 7 heteroatoms. The van der Waals surface area contributed by atoms with E-state index in [0.29, 0.717) is 6.61 Å². The van der Waals surface area contributed by atoms with Crippen LogP contribution in [0.5, 0.6) is 0 Å². The minimum Gasteiger partial charge on any atom is -0.381 e. The van der Waals surface area contributed by atoms with Crippen LogP contribution in [0.1, 0.15) is 37.4 Å². The molecule has 0 bridgehead atoms. The van der Waals surface area contributed by atoms with Gasteiger partial charge in [-0.25, -0.2) is 4.98 Å². The zero-order valence-electron chi connectivity index (χ0n) is 15.5. The van der Waals surface area contributed by atoms with Crippen LogP contribution in [-0.4, -0.2) is 77.9 Å². The number of carbonyl (C=O) groups excluding carboxylic acids is 1. The highest BCUT2D eigenvalue weighted by atomic mass is 16.5. The Labute approximate surface area is 155 Å². The molecule has 144 valence electrons. The molecule has 2 saturated heterocycles. The van der Waals surface area contributed by atoms with Crippen molar-refractivity contribution in [3.8, 4) is 0 Å². The zero-order chi connectivity index (χ0) is 17.8. The molecule has 4 heterocycles. The van der Waals surface area contributed by atoms with Crippen LogP contribution in [0.4, 0.5) is 0 Å². The minimum atomic E-state index is 0.128. The Balaban J connectivity index is 1.30. The fourth-order valence-electron chi connectivity index (χ4n) is 4.37. The Morgan fingerprint density at radius 2 is 2.08 bits per heavy atom. The third kappa shape index (κ3) is 4.27. The molecule has 3 aliphatic heterocycles. The molecule has 0 radical (unpaired) electrons. The van der Waals surface area contributed by atoms with Gasteiger partial charge >= 0.3 is 0 Å². The van der Waals surface area contributed by atoms with E-state index in [4.69, 9.17) is 9.47 Å². The number of likely N-dealkylation sites (tertiary alicyclic amines) is 1. The minimum absolute atomic E-state index is 0.128. The van der Waals surface area contributed by atoms with E-state index in [9.17, 15) is 4.79 Å². The molecule has 0 spiro atoms. The van der Waals surface area contributed by atoms with E-state index in [1.165, 1.54) is 5.69 Å². The van der Waals surface area contributed by atoms with Gasteiger partial charge in [0.25, 0.3) is 0 Å². The van der Waals surface area contributed by atoms with E-state index in [1.54, 1.807) is 0 Å². The Kier molecular flexibility index (Phi) is 5.87. The predicted molar refractivity (Wildman–Crippen MR) is 96.7 cm³/mol. The number of amides is 1. The van der Waals surface area contributed by atoms with Crippen molar-refractivity contribution in [3.63, 3.8) is 0 Å². The van der Waals surface area contributed by atoms with Crippen LogP contribution in [0.25, 0.3) is 0 Å². The molecule has 1 amide bonds. The van der Waals surface area contributed by atoms with Crippen LogP contribution in [0.2, 0.25) is 0 Å². The second kappa shape index (κ2) is 8.50. The first-order chi connectivity index (χ1) is 12.8. The topological polar surface area (TPSA) is 59.8 Å². The third-order valence-electron chi connectivity index (χ3n) is 5.85. The lowest BCUT2D eigenvalue weighted by Gasteiger charge is -2.37. The number of aromatic nitrogens is 2. The Morgan fingerprint density at radius 1 is 1.27 bits per heavy atom. The van der Waals surface area contributed by atoms with E-state index >= 15 is 0 Å². The molecule has 1 aromatic heterocycles. The number of ether oxygens (including phenoxy) is 2. The summed E-state index contributed by atoms with van der Waals surface area (Å²) in [5, 5.41) is 0. The quantitative estimate of drug-likeness (QED) is 0.764. The lowest BCUT2D eigenvalue weighted by Crippen LogP contribution is -2.42. The Bertz CT molecular complexity index is 593. The van der Waals surface area contributed by atoms with Crippen molar-refractivity contribution in [2.45, 2.75) is 38.3 Å². The number of carbonyl (C=O) groups is 1. The molecule has 0 N–H and O–H groups in total. The lowest BCUT2D eigenvalue weighted by molar-refractivity contribution is -0.135. The van der Waals surface area contributed by atoms with Crippen LogP contribution in [0.15, 0.2) is 12.5 Å². The number of hydrogen-bond acceptors (Lipinski definition) is 5. The van der Waals surface area contributed by atoms with E-state index < -0.39 is 0 Å².